The summed E-state index contributed by atoms with van der Waals surface area (Å²) in [6.45, 7) is 1.79. The molecular weight excluding hydrogens is 284 g/mol. The molecule has 0 saturated heterocycles. The van der Waals surface area contributed by atoms with E-state index in [2.05, 4.69) is 9.98 Å². The number of aryl methyl sites for hydroxylation is 1. The molecule has 22 heavy (non-hydrogen) atoms. The molecule has 6 nitrogen and oxygen atoms in total. The number of carbonyl (C=O) groups is 2. The van der Waals surface area contributed by atoms with Crippen molar-refractivity contribution in [2.75, 3.05) is 7.05 Å². The van der Waals surface area contributed by atoms with Crippen molar-refractivity contribution in [3.05, 3.63) is 53.1 Å². The van der Waals surface area contributed by atoms with Crippen LogP contribution in [0.4, 0.5) is 5.69 Å². The smallest absolute Gasteiger partial charge is 0.337 e. The van der Waals surface area contributed by atoms with Crippen molar-refractivity contribution in [3.63, 3.8) is 0 Å². The van der Waals surface area contributed by atoms with Gasteiger partial charge in [-0.15, -0.1) is 0 Å². The van der Waals surface area contributed by atoms with Gasteiger partial charge >= 0.3 is 11.9 Å². The highest BCUT2D eigenvalue weighted by atomic mass is 16.4. The van der Waals surface area contributed by atoms with Gasteiger partial charge in [0.05, 0.1) is 28.2 Å². The van der Waals surface area contributed by atoms with Gasteiger partial charge in [-0.05, 0) is 37.3 Å². The fourth-order valence-corrected chi connectivity index (χ4v) is 2.02. The Bertz CT molecular complexity index is 770. The fourth-order valence-electron chi connectivity index (χ4n) is 2.02. The molecule has 0 fully saturated rings. The topological polar surface area (TPSA) is 99.3 Å². The largest absolute Gasteiger partial charge is 0.478 e. The van der Waals surface area contributed by atoms with Crippen LogP contribution in [0.25, 0.3) is 0 Å². The molecule has 1 aliphatic rings. The van der Waals surface area contributed by atoms with E-state index in [1.165, 1.54) is 25.3 Å². The molecule has 2 N–H and O–H groups in total. The average molecular weight is 298 g/mol. The maximum Gasteiger partial charge on any atom is 0.337 e. The highest BCUT2D eigenvalue weighted by molar-refractivity contribution is 6.31. The number of hydrogen-bond acceptors (Lipinski definition) is 4. The predicted molar refractivity (Wildman–Crippen MR) is 83.5 cm³/mol. The fraction of sp³-hybridized carbons (Fsp3) is 0.125. The highest BCUT2D eigenvalue weighted by Crippen LogP contribution is 2.22. The van der Waals surface area contributed by atoms with Crippen LogP contribution in [-0.2, 0) is 4.79 Å². The molecule has 6 heteroatoms. The molecule has 2 rings (SSSR count). The summed E-state index contributed by atoms with van der Waals surface area (Å²) in [5.41, 5.74) is 1.87. The van der Waals surface area contributed by atoms with E-state index in [1.807, 2.05) is 0 Å². The first-order valence-electron chi connectivity index (χ1n) is 6.45. The van der Waals surface area contributed by atoms with E-state index in [4.69, 9.17) is 0 Å². The molecule has 0 atom stereocenters. The van der Waals surface area contributed by atoms with Crippen molar-refractivity contribution < 1.29 is 19.8 Å². The molecule has 0 spiro atoms. The second-order valence-corrected chi connectivity index (χ2v) is 4.67. The molecule has 0 aliphatic heterocycles. The number of hydrogen-bond donors (Lipinski definition) is 2. The first-order chi connectivity index (χ1) is 10.4. The van der Waals surface area contributed by atoms with Crippen molar-refractivity contribution in [3.8, 4) is 0 Å². The van der Waals surface area contributed by atoms with Gasteiger partial charge < -0.3 is 10.2 Å². The Labute approximate surface area is 126 Å². The average Bonchev–Trinajstić information content (AvgIpc) is 2.48. The molecule has 1 aromatic carbocycles. The van der Waals surface area contributed by atoms with E-state index in [0.717, 1.165) is 5.56 Å². The van der Waals surface area contributed by atoms with Crippen LogP contribution in [0.3, 0.4) is 0 Å². The number of rotatable bonds is 3. The Morgan fingerprint density at radius 2 is 1.82 bits per heavy atom. The third kappa shape index (κ3) is 3.17. The SMILES string of the molecule is CN=C1C=CC(=Nc2ccc(C)cc2C(=O)O)C=C1C(=O)O. The van der Waals surface area contributed by atoms with Crippen LogP contribution in [0.15, 0.2) is 52.0 Å². The lowest BCUT2D eigenvalue weighted by Gasteiger charge is -2.09. The van der Waals surface area contributed by atoms with Crippen LogP contribution in [-0.4, -0.2) is 40.6 Å². The Hall–Kier alpha value is -3.02. The number of allylic oxidation sites excluding steroid dienone is 3. The second kappa shape index (κ2) is 6.17. The zero-order valence-corrected chi connectivity index (χ0v) is 12.1. The number of aliphatic carboxylic acids is 1. The second-order valence-electron chi connectivity index (χ2n) is 4.67. The minimum absolute atomic E-state index is 0.0211. The zero-order chi connectivity index (χ0) is 16.3. The van der Waals surface area contributed by atoms with Crippen LogP contribution >= 0.6 is 0 Å². The third-order valence-electron chi connectivity index (χ3n) is 3.08. The predicted octanol–water partition coefficient (Wildman–Crippen LogP) is 2.42. The number of aliphatic imine (C=N–C) groups is 2. The molecule has 0 amide bonds. The van der Waals surface area contributed by atoms with Crippen LogP contribution < -0.4 is 0 Å². The number of carboxylic acid groups (broad SMARTS) is 2. The standard InChI is InChI=1S/C16H14N2O4/c1-9-3-5-14(11(7-9)15(19)20)18-10-4-6-13(17-2)12(8-10)16(21)22/h3-8H,1-2H3,(H,19,20)(H,21,22). The highest BCUT2D eigenvalue weighted by Gasteiger charge is 2.17. The van der Waals surface area contributed by atoms with Crippen LogP contribution in [0.1, 0.15) is 15.9 Å². The van der Waals surface area contributed by atoms with E-state index in [0.29, 0.717) is 11.4 Å². The van der Waals surface area contributed by atoms with Gasteiger partial charge in [0, 0.05) is 7.05 Å². The third-order valence-corrected chi connectivity index (χ3v) is 3.08. The Balaban J connectivity index is 2.51. The Kier molecular flexibility index (Phi) is 4.31. The Morgan fingerprint density at radius 1 is 1.09 bits per heavy atom. The van der Waals surface area contributed by atoms with E-state index in [9.17, 15) is 19.8 Å². The molecule has 0 heterocycles. The van der Waals surface area contributed by atoms with E-state index in [-0.39, 0.29) is 16.8 Å². The maximum atomic E-state index is 11.3. The lowest BCUT2D eigenvalue weighted by atomic mass is 10.0. The summed E-state index contributed by atoms with van der Waals surface area (Å²) in [7, 11) is 1.50. The van der Waals surface area contributed by atoms with Crippen molar-refractivity contribution in [1.82, 2.24) is 0 Å². The quantitative estimate of drug-likeness (QED) is 0.837. The van der Waals surface area contributed by atoms with Gasteiger partial charge in [0.15, 0.2) is 0 Å². The lowest BCUT2D eigenvalue weighted by molar-refractivity contribution is -0.132. The van der Waals surface area contributed by atoms with Crippen molar-refractivity contribution in [1.29, 1.82) is 0 Å². The Morgan fingerprint density at radius 3 is 2.41 bits per heavy atom. The molecule has 0 radical (unpaired) electrons. The van der Waals surface area contributed by atoms with E-state index < -0.39 is 11.9 Å². The molecule has 0 bridgehead atoms. The van der Waals surface area contributed by atoms with Crippen LogP contribution in [0.2, 0.25) is 0 Å². The number of aromatic carboxylic acids is 1. The number of carboxylic acids is 2. The monoisotopic (exact) mass is 298 g/mol. The van der Waals surface area contributed by atoms with Gasteiger partial charge in [0.25, 0.3) is 0 Å². The van der Waals surface area contributed by atoms with Crippen LogP contribution in [0.5, 0.6) is 0 Å². The summed E-state index contributed by atoms with van der Waals surface area (Å²) in [5.74, 6) is -2.19. The molecule has 1 aromatic rings. The van der Waals surface area contributed by atoms with Crippen molar-refractivity contribution >= 4 is 29.0 Å². The van der Waals surface area contributed by atoms with E-state index in [1.54, 1.807) is 25.1 Å². The molecule has 1 aliphatic carbocycles. The molecular formula is C16H14N2O4. The van der Waals surface area contributed by atoms with Gasteiger partial charge in [-0.1, -0.05) is 11.6 Å². The van der Waals surface area contributed by atoms with Gasteiger partial charge in [-0.25, -0.2) is 14.6 Å². The summed E-state index contributed by atoms with van der Waals surface area (Å²) in [4.78, 5) is 30.6. The molecule has 0 saturated carbocycles. The van der Waals surface area contributed by atoms with Gasteiger partial charge in [0.2, 0.25) is 0 Å². The molecule has 0 aromatic heterocycles. The molecule has 0 unspecified atom stereocenters. The number of nitrogens with zero attached hydrogens (tertiary/aromatic N) is 2. The summed E-state index contributed by atoms with van der Waals surface area (Å²) >= 11 is 0. The minimum atomic E-state index is -1.11. The van der Waals surface area contributed by atoms with Gasteiger partial charge in [0.1, 0.15) is 0 Å². The van der Waals surface area contributed by atoms with Crippen molar-refractivity contribution in [2.45, 2.75) is 6.92 Å². The number of benzene rings is 1. The van der Waals surface area contributed by atoms with Gasteiger partial charge in [-0.3, -0.25) is 4.99 Å². The first-order valence-corrected chi connectivity index (χ1v) is 6.45. The maximum absolute atomic E-state index is 11.3. The summed E-state index contributed by atoms with van der Waals surface area (Å²) in [5, 5.41) is 18.4. The van der Waals surface area contributed by atoms with Crippen LogP contribution in [0, 0.1) is 6.92 Å². The summed E-state index contributed by atoms with van der Waals surface area (Å²) in [6.07, 6.45) is 4.51. The lowest BCUT2D eigenvalue weighted by Crippen LogP contribution is -2.15. The molecule has 112 valence electrons. The first kappa shape index (κ1) is 15.4. The zero-order valence-electron chi connectivity index (χ0n) is 12.1. The minimum Gasteiger partial charge on any atom is -0.478 e. The normalized spacial score (nSPS) is 17.6. The summed E-state index contributed by atoms with van der Waals surface area (Å²) < 4.78 is 0. The van der Waals surface area contributed by atoms with Crippen molar-refractivity contribution in [2.24, 2.45) is 9.98 Å². The summed E-state index contributed by atoms with van der Waals surface area (Å²) in [6, 6.07) is 4.87. The van der Waals surface area contributed by atoms with E-state index >= 15 is 0 Å². The van der Waals surface area contributed by atoms with Gasteiger partial charge in [-0.2, -0.15) is 0 Å².